The number of allylic oxidation sites excluding steroid dienone is 1. The van der Waals surface area contributed by atoms with Crippen molar-refractivity contribution < 1.29 is 4.79 Å². The number of fused-ring (bicyclic) bond motifs is 1. The van der Waals surface area contributed by atoms with Crippen LogP contribution >= 0.6 is 23.2 Å². The maximum absolute atomic E-state index is 11.8. The van der Waals surface area contributed by atoms with Gasteiger partial charge < -0.3 is 5.32 Å². The summed E-state index contributed by atoms with van der Waals surface area (Å²) in [5.41, 5.74) is 4.44. The first kappa shape index (κ1) is 12.5. The number of halogens is 2. The van der Waals surface area contributed by atoms with E-state index >= 15 is 0 Å². The van der Waals surface area contributed by atoms with Crippen LogP contribution in [0, 0.1) is 0 Å². The van der Waals surface area contributed by atoms with E-state index in [0.717, 1.165) is 28.0 Å². The lowest BCUT2D eigenvalue weighted by Crippen LogP contribution is -2.04. The zero-order chi connectivity index (χ0) is 12.6. The minimum Gasteiger partial charge on any atom is -0.321 e. The number of carbonyl (C=O) groups excluding carboxylic acids is 1. The largest absolute Gasteiger partial charge is 0.321 e. The molecule has 1 aromatic carbocycles. The molecule has 2 rings (SSSR count). The molecule has 1 heterocycles. The first-order valence-corrected chi connectivity index (χ1v) is 6.33. The molecule has 1 N–H and O–H groups in total. The number of benzene rings is 1. The van der Waals surface area contributed by atoms with E-state index in [1.54, 1.807) is 6.07 Å². The van der Waals surface area contributed by atoms with Gasteiger partial charge in [-0.3, -0.25) is 4.79 Å². The summed E-state index contributed by atoms with van der Waals surface area (Å²) in [4.78, 5) is 11.8. The lowest BCUT2D eigenvalue weighted by atomic mass is 10.00. The molecule has 1 aromatic rings. The van der Waals surface area contributed by atoms with Gasteiger partial charge in [-0.25, -0.2) is 0 Å². The normalized spacial score (nSPS) is 13.6. The summed E-state index contributed by atoms with van der Waals surface area (Å²) >= 11 is 11.9. The highest BCUT2D eigenvalue weighted by atomic mass is 35.5. The first-order valence-electron chi connectivity index (χ1n) is 5.42. The molecular weight excluding hydrogens is 257 g/mol. The third-order valence-electron chi connectivity index (χ3n) is 2.79. The molecule has 0 saturated heterocycles. The molecule has 17 heavy (non-hydrogen) atoms. The molecule has 4 heteroatoms. The molecule has 0 unspecified atom stereocenters. The molecule has 0 radical (unpaired) electrons. The number of hydrogen-bond donors (Lipinski definition) is 1. The van der Waals surface area contributed by atoms with Crippen LogP contribution in [-0.2, 0) is 11.2 Å². The number of rotatable bonds is 2. The Morgan fingerprint density at radius 2 is 2.06 bits per heavy atom. The molecule has 1 amide bonds. The van der Waals surface area contributed by atoms with E-state index in [9.17, 15) is 4.79 Å². The lowest BCUT2D eigenvalue weighted by Gasteiger charge is -2.06. The van der Waals surface area contributed by atoms with E-state index in [1.807, 2.05) is 19.9 Å². The first-order chi connectivity index (χ1) is 8.04. The Morgan fingerprint density at radius 3 is 2.65 bits per heavy atom. The van der Waals surface area contributed by atoms with Gasteiger partial charge in [0.1, 0.15) is 0 Å². The van der Waals surface area contributed by atoms with Crippen LogP contribution in [0.2, 0.25) is 5.02 Å². The quantitative estimate of drug-likeness (QED) is 0.641. The molecule has 0 spiro atoms. The van der Waals surface area contributed by atoms with Crippen LogP contribution in [-0.4, -0.2) is 11.8 Å². The molecule has 1 aliphatic heterocycles. The predicted octanol–water partition coefficient (Wildman–Crippen LogP) is 3.87. The van der Waals surface area contributed by atoms with Crippen molar-refractivity contribution in [1.29, 1.82) is 0 Å². The van der Waals surface area contributed by atoms with Gasteiger partial charge in [-0.05, 0) is 38.0 Å². The van der Waals surface area contributed by atoms with Crippen LogP contribution in [0.25, 0.3) is 5.57 Å². The maximum atomic E-state index is 11.8. The molecule has 0 fully saturated rings. The van der Waals surface area contributed by atoms with Crippen molar-refractivity contribution in [3.05, 3.63) is 33.9 Å². The highest BCUT2D eigenvalue weighted by Crippen LogP contribution is 2.37. The van der Waals surface area contributed by atoms with Gasteiger partial charge in [0.25, 0.3) is 5.91 Å². The van der Waals surface area contributed by atoms with Gasteiger partial charge in [0.15, 0.2) is 0 Å². The summed E-state index contributed by atoms with van der Waals surface area (Å²) in [6.45, 7) is 3.86. The number of aryl methyl sites for hydroxylation is 1. The monoisotopic (exact) mass is 269 g/mol. The van der Waals surface area contributed by atoms with Gasteiger partial charge >= 0.3 is 0 Å². The fourth-order valence-corrected chi connectivity index (χ4v) is 2.49. The van der Waals surface area contributed by atoms with Gasteiger partial charge in [-0.2, -0.15) is 0 Å². The number of anilines is 1. The molecule has 0 aliphatic carbocycles. The second-order valence-corrected chi connectivity index (χ2v) is 5.04. The van der Waals surface area contributed by atoms with Crippen molar-refractivity contribution in [2.75, 3.05) is 11.2 Å². The van der Waals surface area contributed by atoms with Gasteiger partial charge in [0.05, 0.1) is 5.69 Å². The fraction of sp³-hybridized carbons (Fsp3) is 0.308. The lowest BCUT2D eigenvalue weighted by molar-refractivity contribution is -0.110. The highest BCUT2D eigenvalue weighted by molar-refractivity contribution is 6.35. The number of nitrogens with one attached hydrogen (secondary N) is 1. The van der Waals surface area contributed by atoms with Crippen LogP contribution in [0.15, 0.2) is 17.7 Å². The topological polar surface area (TPSA) is 29.1 Å². The summed E-state index contributed by atoms with van der Waals surface area (Å²) in [5.74, 6) is 0.461. The van der Waals surface area contributed by atoms with Gasteiger partial charge in [-0.1, -0.05) is 17.2 Å². The fourth-order valence-electron chi connectivity index (χ4n) is 2.03. The van der Waals surface area contributed by atoms with Gasteiger partial charge in [0, 0.05) is 22.0 Å². The zero-order valence-corrected chi connectivity index (χ0v) is 11.2. The molecule has 0 atom stereocenters. The standard InChI is InChI=1S/C13H13Cl2NO/c1-7(2)12-9-5-8(3-4-14)10(15)6-11(9)16-13(12)17/h5-6H,3-4H2,1-2H3,(H,16,17). The number of alkyl halides is 1. The van der Waals surface area contributed by atoms with E-state index in [1.165, 1.54) is 0 Å². The van der Waals surface area contributed by atoms with Crippen LogP contribution in [0.3, 0.4) is 0 Å². The zero-order valence-electron chi connectivity index (χ0n) is 9.73. The van der Waals surface area contributed by atoms with Crippen molar-refractivity contribution in [2.24, 2.45) is 0 Å². The number of hydrogen-bond acceptors (Lipinski definition) is 1. The Bertz CT molecular complexity index is 516. The van der Waals surface area contributed by atoms with E-state index in [0.29, 0.717) is 17.3 Å². The molecule has 90 valence electrons. The van der Waals surface area contributed by atoms with Crippen LogP contribution in [0.1, 0.15) is 25.0 Å². The number of amides is 1. The summed E-state index contributed by atoms with van der Waals surface area (Å²) in [5, 5.41) is 3.48. The minimum atomic E-state index is -0.0564. The molecule has 1 aliphatic rings. The maximum Gasteiger partial charge on any atom is 0.256 e. The summed E-state index contributed by atoms with van der Waals surface area (Å²) in [6.07, 6.45) is 0.706. The number of carbonyl (C=O) groups is 1. The second-order valence-electron chi connectivity index (χ2n) is 4.26. The SMILES string of the molecule is CC(C)=C1C(=O)Nc2cc(Cl)c(CCCl)cc21. The van der Waals surface area contributed by atoms with Gasteiger partial charge in [-0.15, -0.1) is 11.6 Å². The Kier molecular flexibility index (Phi) is 3.45. The Morgan fingerprint density at radius 1 is 1.35 bits per heavy atom. The van der Waals surface area contributed by atoms with Crippen LogP contribution < -0.4 is 5.32 Å². The van der Waals surface area contributed by atoms with E-state index in [-0.39, 0.29) is 5.91 Å². The smallest absolute Gasteiger partial charge is 0.256 e. The van der Waals surface area contributed by atoms with Crippen molar-refractivity contribution in [3.63, 3.8) is 0 Å². The third-order valence-corrected chi connectivity index (χ3v) is 3.34. The van der Waals surface area contributed by atoms with Gasteiger partial charge in [0.2, 0.25) is 0 Å². The van der Waals surface area contributed by atoms with E-state index in [4.69, 9.17) is 23.2 Å². The Labute approximate surface area is 111 Å². The molecular formula is C13H13Cl2NO. The second kappa shape index (κ2) is 4.71. The Balaban J connectivity index is 2.59. The third kappa shape index (κ3) is 2.20. The highest BCUT2D eigenvalue weighted by Gasteiger charge is 2.26. The van der Waals surface area contributed by atoms with E-state index in [2.05, 4.69) is 5.32 Å². The van der Waals surface area contributed by atoms with E-state index < -0.39 is 0 Å². The summed E-state index contributed by atoms with van der Waals surface area (Å²) < 4.78 is 0. The molecule has 0 saturated carbocycles. The van der Waals surface area contributed by atoms with Crippen LogP contribution in [0.5, 0.6) is 0 Å². The summed E-state index contributed by atoms with van der Waals surface area (Å²) in [6, 6.07) is 3.76. The van der Waals surface area contributed by atoms with Crippen molar-refractivity contribution in [2.45, 2.75) is 20.3 Å². The Hall–Kier alpha value is -0.990. The molecule has 0 bridgehead atoms. The van der Waals surface area contributed by atoms with Crippen LogP contribution in [0.4, 0.5) is 5.69 Å². The van der Waals surface area contributed by atoms with Crippen molar-refractivity contribution >= 4 is 40.4 Å². The van der Waals surface area contributed by atoms with Crippen molar-refractivity contribution in [3.8, 4) is 0 Å². The summed E-state index contributed by atoms with van der Waals surface area (Å²) in [7, 11) is 0. The minimum absolute atomic E-state index is 0.0564. The molecule has 2 nitrogen and oxygen atoms in total. The predicted molar refractivity (Wildman–Crippen MR) is 72.8 cm³/mol. The average Bonchev–Trinajstić information content (AvgIpc) is 2.54. The average molecular weight is 270 g/mol. The molecule has 0 aromatic heterocycles. The van der Waals surface area contributed by atoms with Crippen molar-refractivity contribution in [1.82, 2.24) is 0 Å².